The molecule has 1 heterocycles. The fourth-order valence-corrected chi connectivity index (χ4v) is 2.77. The zero-order chi connectivity index (χ0) is 14.0. The molecule has 0 unspecified atom stereocenters. The zero-order valence-electron chi connectivity index (χ0n) is 10.1. The molecule has 0 aliphatic carbocycles. The lowest BCUT2D eigenvalue weighted by Crippen LogP contribution is -2.26. The normalized spacial score (nSPS) is 10.5. The zero-order valence-corrected chi connectivity index (χ0v) is 14.4. The predicted octanol–water partition coefficient (Wildman–Crippen LogP) is 3.30. The van der Waals surface area contributed by atoms with Gasteiger partial charge in [-0.1, -0.05) is 6.07 Å². The Balaban J connectivity index is 2.11. The summed E-state index contributed by atoms with van der Waals surface area (Å²) in [5, 5.41) is 2.74. The van der Waals surface area contributed by atoms with Crippen molar-refractivity contribution in [3.63, 3.8) is 0 Å². The molecule has 1 aromatic heterocycles. The summed E-state index contributed by atoms with van der Waals surface area (Å²) in [6.07, 6.45) is 0. The predicted molar refractivity (Wildman–Crippen MR) is 88.4 cm³/mol. The lowest BCUT2D eigenvalue weighted by Gasteiger charge is -2.09. The van der Waals surface area contributed by atoms with Gasteiger partial charge in [-0.25, -0.2) is 4.39 Å². The summed E-state index contributed by atoms with van der Waals surface area (Å²) in [6.45, 7) is 0.186. The van der Waals surface area contributed by atoms with Crippen molar-refractivity contribution in [2.75, 3.05) is 0 Å². The maximum absolute atomic E-state index is 13.6. The summed E-state index contributed by atoms with van der Waals surface area (Å²) in [7, 11) is 1.82. The van der Waals surface area contributed by atoms with Gasteiger partial charge in [-0.2, -0.15) is 0 Å². The van der Waals surface area contributed by atoms with Crippen molar-refractivity contribution in [1.82, 2.24) is 9.88 Å². The van der Waals surface area contributed by atoms with Crippen LogP contribution < -0.4 is 5.32 Å². The van der Waals surface area contributed by atoms with E-state index in [9.17, 15) is 9.18 Å². The van der Waals surface area contributed by atoms with Crippen LogP contribution in [0.4, 0.5) is 4.39 Å². The maximum Gasteiger partial charge on any atom is 0.268 e. The Morgan fingerprint density at radius 2 is 2.05 bits per heavy atom. The number of nitrogens with one attached hydrogen (secondary N) is 1. The molecule has 1 N–H and O–H groups in total. The van der Waals surface area contributed by atoms with Crippen LogP contribution in [0.3, 0.4) is 0 Å². The van der Waals surface area contributed by atoms with E-state index in [2.05, 4.69) is 50.5 Å². The van der Waals surface area contributed by atoms with Crippen LogP contribution in [0, 0.1) is 13.1 Å². The van der Waals surface area contributed by atoms with E-state index >= 15 is 0 Å². The second-order valence-corrected chi connectivity index (χ2v) is 6.25. The molecule has 6 heteroatoms. The molecule has 0 aliphatic rings. The molecular formula is C13H11FI2N2O. The Labute approximate surface area is 137 Å². The minimum atomic E-state index is -0.298. The van der Waals surface area contributed by atoms with E-state index < -0.39 is 0 Å². The molecule has 1 amide bonds. The van der Waals surface area contributed by atoms with E-state index in [0.29, 0.717) is 11.3 Å². The maximum atomic E-state index is 13.6. The number of aromatic nitrogens is 1. The van der Waals surface area contributed by atoms with Crippen molar-refractivity contribution in [2.45, 2.75) is 6.54 Å². The minimum Gasteiger partial charge on any atom is -0.347 e. The van der Waals surface area contributed by atoms with Crippen molar-refractivity contribution in [2.24, 2.45) is 7.05 Å². The molecule has 0 spiro atoms. The summed E-state index contributed by atoms with van der Waals surface area (Å²) < 4.78 is 17.2. The van der Waals surface area contributed by atoms with Crippen LogP contribution in [0.25, 0.3) is 0 Å². The van der Waals surface area contributed by atoms with Crippen LogP contribution in [-0.4, -0.2) is 10.5 Å². The molecule has 0 aliphatic heterocycles. The first kappa shape index (κ1) is 14.8. The number of hydrogen-bond acceptors (Lipinski definition) is 1. The number of hydrogen-bond donors (Lipinski definition) is 1. The average molecular weight is 484 g/mol. The average Bonchev–Trinajstić information content (AvgIpc) is 2.69. The summed E-state index contributed by atoms with van der Waals surface area (Å²) in [6, 6.07) is 8.49. The molecule has 0 bridgehead atoms. The van der Waals surface area contributed by atoms with Gasteiger partial charge in [0.2, 0.25) is 0 Å². The van der Waals surface area contributed by atoms with E-state index in [0.717, 1.165) is 7.27 Å². The van der Waals surface area contributed by atoms with Crippen molar-refractivity contribution in [1.29, 1.82) is 0 Å². The summed E-state index contributed by atoms with van der Waals surface area (Å²) in [4.78, 5) is 12.0. The molecule has 1 aromatic carbocycles. The first-order valence-corrected chi connectivity index (χ1v) is 7.68. The Hall–Kier alpha value is -0.640. The standard InChI is InChI=1S/C13H11FI2N2O/c1-18-11(5-6-12(18)16)13(19)17-7-8-9(14)3-2-4-10(8)15/h2-6H,7H2,1H3,(H,17,19). The van der Waals surface area contributed by atoms with E-state index in [1.54, 1.807) is 16.7 Å². The Kier molecular flexibility index (Phi) is 4.82. The third kappa shape index (κ3) is 3.28. The quantitative estimate of drug-likeness (QED) is 0.668. The van der Waals surface area contributed by atoms with Gasteiger partial charge in [-0.3, -0.25) is 4.79 Å². The first-order chi connectivity index (χ1) is 9.00. The number of nitrogens with zero attached hydrogens (tertiary/aromatic N) is 1. The van der Waals surface area contributed by atoms with E-state index in [-0.39, 0.29) is 18.3 Å². The molecule has 2 aromatic rings. The van der Waals surface area contributed by atoms with Crippen molar-refractivity contribution in [3.8, 4) is 0 Å². The molecule has 0 saturated heterocycles. The molecule has 2 rings (SSSR count). The summed E-state index contributed by atoms with van der Waals surface area (Å²) >= 11 is 4.21. The van der Waals surface area contributed by atoms with Gasteiger partial charge in [0.05, 0.1) is 3.70 Å². The van der Waals surface area contributed by atoms with Gasteiger partial charge in [-0.05, 0) is 69.4 Å². The third-order valence-electron chi connectivity index (χ3n) is 2.78. The van der Waals surface area contributed by atoms with Gasteiger partial charge in [0.15, 0.2) is 0 Å². The third-order valence-corrected chi connectivity index (χ3v) is 4.87. The largest absolute Gasteiger partial charge is 0.347 e. The van der Waals surface area contributed by atoms with Crippen LogP contribution in [0.5, 0.6) is 0 Å². The first-order valence-electron chi connectivity index (χ1n) is 5.53. The topological polar surface area (TPSA) is 34.0 Å². The monoisotopic (exact) mass is 484 g/mol. The fraction of sp³-hybridized carbons (Fsp3) is 0.154. The molecule has 0 radical (unpaired) electrons. The Bertz CT molecular complexity index is 605. The number of halogens is 3. The van der Waals surface area contributed by atoms with Gasteiger partial charge in [0.1, 0.15) is 11.5 Å². The van der Waals surface area contributed by atoms with E-state index in [1.165, 1.54) is 6.07 Å². The SMILES string of the molecule is Cn1c(I)ccc1C(=O)NCc1c(F)cccc1I. The van der Waals surface area contributed by atoms with Gasteiger partial charge < -0.3 is 9.88 Å². The number of carbonyl (C=O) groups excluding carboxylic acids is 1. The Morgan fingerprint density at radius 1 is 1.32 bits per heavy atom. The van der Waals surface area contributed by atoms with Crippen LogP contribution in [0.2, 0.25) is 0 Å². The molecule has 3 nitrogen and oxygen atoms in total. The highest BCUT2D eigenvalue weighted by atomic mass is 127. The van der Waals surface area contributed by atoms with Crippen molar-refractivity contribution < 1.29 is 9.18 Å². The van der Waals surface area contributed by atoms with Gasteiger partial charge in [0, 0.05) is 22.7 Å². The van der Waals surface area contributed by atoms with Gasteiger partial charge >= 0.3 is 0 Å². The van der Waals surface area contributed by atoms with Crippen LogP contribution in [0.1, 0.15) is 16.1 Å². The van der Waals surface area contributed by atoms with Crippen LogP contribution >= 0.6 is 45.2 Å². The van der Waals surface area contributed by atoms with Gasteiger partial charge in [0.25, 0.3) is 5.91 Å². The fourth-order valence-electron chi connectivity index (χ4n) is 1.67. The highest BCUT2D eigenvalue weighted by Crippen LogP contribution is 2.16. The smallest absolute Gasteiger partial charge is 0.268 e. The Morgan fingerprint density at radius 3 is 2.63 bits per heavy atom. The van der Waals surface area contributed by atoms with Crippen molar-refractivity contribution in [3.05, 3.63) is 54.7 Å². The minimum absolute atomic E-state index is 0.186. The number of carbonyl (C=O) groups is 1. The second kappa shape index (κ2) is 6.21. The highest BCUT2D eigenvalue weighted by molar-refractivity contribution is 14.1. The molecular weight excluding hydrogens is 473 g/mol. The van der Waals surface area contributed by atoms with E-state index in [1.807, 2.05) is 19.2 Å². The van der Waals surface area contributed by atoms with Crippen molar-refractivity contribution >= 4 is 51.1 Å². The summed E-state index contributed by atoms with van der Waals surface area (Å²) in [5.41, 5.74) is 1.08. The van der Waals surface area contributed by atoms with Crippen LogP contribution in [0.15, 0.2) is 30.3 Å². The highest BCUT2D eigenvalue weighted by Gasteiger charge is 2.13. The second-order valence-electron chi connectivity index (χ2n) is 3.98. The molecule has 19 heavy (non-hydrogen) atoms. The molecule has 0 atom stereocenters. The number of rotatable bonds is 3. The number of benzene rings is 1. The molecule has 0 saturated carbocycles. The molecule has 0 fully saturated rings. The lowest BCUT2D eigenvalue weighted by atomic mass is 10.2. The van der Waals surface area contributed by atoms with E-state index in [4.69, 9.17) is 0 Å². The molecule has 100 valence electrons. The van der Waals surface area contributed by atoms with Crippen LogP contribution in [-0.2, 0) is 13.6 Å². The van der Waals surface area contributed by atoms with Gasteiger partial charge in [-0.15, -0.1) is 0 Å². The lowest BCUT2D eigenvalue weighted by molar-refractivity contribution is 0.0942. The number of amides is 1. The summed E-state index contributed by atoms with van der Waals surface area (Å²) in [5.74, 6) is -0.502.